The van der Waals surface area contributed by atoms with E-state index in [-0.39, 0.29) is 18.0 Å². The Hall–Kier alpha value is -2.67. The van der Waals surface area contributed by atoms with E-state index in [1.165, 1.54) is 57.8 Å². The van der Waals surface area contributed by atoms with Crippen molar-refractivity contribution >= 4 is 17.8 Å². The summed E-state index contributed by atoms with van der Waals surface area (Å²) in [4.78, 5) is 36.2. The smallest absolute Gasteiger partial charge is 0.326 e. The van der Waals surface area contributed by atoms with Gasteiger partial charge in [0.2, 0.25) is 5.91 Å². The van der Waals surface area contributed by atoms with Crippen LogP contribution in [-0.4, -0.2) is 41.6 Å². The molecular formula is C41H72N2O5. The van der Waals surface area contributed by atoms with Gasteiger partial charge in [-0.15, -0.1) is 0 Å². The first-order valence-corrected chi connectivity index (χ1v) is 19.5. The Morgan fingerprint density at radius 1 is 0.625 bits per heavy atom. The zero-order valence-corrected chi connectivity index (χ0v) is 30.8. The summed E-state index contributed by atoms with van der Waals surface area (Å²) in [5.41, 5.74) is 5.47. The number of allylic oxidation sites excluding steroid dienone is 7. The van der Waals surface area contributed by atoms with E-state index in [9.17, 15) is 19.5 Å². The second-order valence-electron chi connectivity index (χ2n) is 13.0. The minimum atomic E-state index is -1.01. The molecule has 2 unspecified atom stereocenters. The van der Waals surface area contributed by atoms with Gasteiger partial charge in [0, 0.05) is 12.8 Å². The number of carbonyl (C=O) groups is 3. The SMILES string of the molecule is CC/C=C\C/C=C\C/C=C\C/C=C\C(CCCCCCCC(=O)NC(CCCN)C(=O)O)OC(=O)CCCCCCCCCCCCC. The molecule has 0 aliphatic rings. The summed E-state index contributed by atoms with van der Waals surface area (Å²) in [6.45, 7) is 4.80. The van der Waals surface area contributed by atoms with Crippen LogP contribution in [0.3, 0.4) is 0 Å². The molecule has 0 radical (unpaired) electrons. The second-order valence-corrected chi connectivity index (χ2v) is 13.0. The fraction of sp³-hybridized carbons (Fsp3) is 0.732. The fourth-order valence-corrected chi connectivity index (χ4v) is 5.48. The van der Waals surface area contributed by atoms with E-state index in [0.717, 1.165) is 77.0 Å². The molecule has 0 heterocycles. The molecule has 0 spiro atoms. The van der Waals surface area contributed by atoms with Gasteiger partial charge in [0.05, 0.1) is 0 Å². The summed E-state index contributed by atoms with van der Waals surface area (Å²) < 4.78 is 5.90. The Bertz CT molecular complexity index is 895. The Labute approximate surface area is 294 Å². The number of carboxylic acids is 1. The van der Waals surface area contributed by atoms with Crippen molar-refractivity contribution in [2.24, 2.45) is 5.73 Å². The van der Waals surface area contributed by atoms with Gasteiger partial charge in [0.15, 0.2) is 0 Å². The van der Waals surface area contributed by atoms with Gasteiger partial charge in [-0.3, -0.25) is 9.59 Å². The highest BCUT2D eigenvalue weighted by atomic mass is 16.5. The lowest BCUT2D eigenvalue weighted by atomic mass is 10.0. The summed E-state index contributed by atoms with van der Waals surface area (Å²) >= 11 is 0. The van der Waals surface area contributed by atoms with Crippen LogP contribution in [0.4, 0.5) is 0 Å². The first-order chi connectivity index (χ1) is 23.4. The standard InChI is InChI=1S/C41H72N2O5/c1-3-5-7-9-11-13-15-17-19-22-26-31-37(48-40(45)35-29-25-20-18-16-14-12-10-8-6-4-2)32-27-23-21-24-28-34-39(44)43-38(41(46)47)33-30-36-42/h5,7,11,13,17,19,26,31,37-38H,3-4,6,8-10,12,14-16,18,20-25,27-30,32-36,42H2,1-2H3,(H,43,44)(H,46,47)/b7-5-,13-11-,19-17-,31-26-. The highest BCUT2D eigenvalue weighted by molar-refractivity contribution is 5.83. The third-order valence-electron chi connectivity index (χ3n) is 8.39. The number of hydrogen-bond donors (Lipinski definition) is 3. The monoisotopic (exact) mass is 673 g/mol. The van der Waals surface area contributed by atoms with Gasteiger partial charge in [-0.2, -0.15) is 0 Å². The van der Waals surface area contributed by atoms with Crippen LogP contribution in [0.15, 0.2) is 48.6 Å². The minimum absolute atomic E-state index is 0.101. The molecular weight excluding hydrogens is 600 g/mol. The summed E-state index contributed by atoms with van der Waals surface area (Å²) in [6, 6.07) is -0.867. The highest BCUT2D eigenvalue weighted by Crippen LogP contribution is 2.15. The molecule has 0 bridgehead atoms. The molecule has 1 amide bonds. The van der Waals surface area contributed by atoms with E-state index >= 15 is 0 Å². The van der Waals surface area contributed by atoms with Gasteiger partial charge in [-0.1, -0.05) is 140 Å². The average molecular weight is 673 g/mol. The number of esters is 1. The van der Waals surface area contributed by atoms with Crippen LogP contribution in [0.5, 0.6) is 0 Å². The van der Waals surface area contributed by atoms with E-state index in [4.69, 9.17) is 10.5 Å². The largest absolute Gasteiger partial charge is 0.480 e. The van der Waals surface area contributed by atoms with Crippen molar-refractivity contribution < 1.29 is 24.2 Å². The number of rotatable bonds is 34. The predicted octanol–water partition coefficient (Wildman–Crippen LogP) is 10.4. The molecule has 276 valence electrons. The second kappa shape index (κ2) is 35.6. The van der Waals surface area contributed by atoms with Crippen LogP contribution in [0.1, 0.15) is 174 Å². The number of carbonyl (C=O) groups excluding carboxylic acids is 2. The quantitative estimate of drug-likeness (QED) is 0.0356. The van der Waals surface area contributed by atoms with Gasteiger partial charge in [0.1, 0.15) is 12.1 Å². The van der Waals surface area contributed by atoms with Gasteiger partial charge in [-0.25, -0.2) is 4.79 Å². The highest BCUT2D eigenvalue weighted by Gasteiger charge is 2.18. The predicted molar refractivity (Wildman–Crippen MR) is 202 cm³/mol. The molecule has 0 aromatic heterocycles. The molecule has 2 atom stereocenters. The van der Waals surface area contributed by atoms with E-state index in [0.29, 0.717) is 32.2 Å². The molecule has 0 fully saturated rings. The van der Waals surface area contributed by atoms with Crippen LogP contribution in [0.2, 0.25) is 0 Å². The molecule has 0 rings (SSSR count). The summed E-state index contributed by atoms with van der Waals surface area (Å²) in [7, 11) is 0. The fourth-order valence-electron chi connectivity index (χ4n) is 5.48. The topological polar surface area (TPSA) is 119 Å². The average Bonchev–Trinajstić information content (AvgIpc) is 3.07. The third-order valence-corrected chi connectivity index (χ3v) is 8.39. The van der Waals surface area contributed by atoms with Gasteiger partial charge >= 0.3 is 11.9 Å². The van der Waals surface area contributed by atoms with Crippen molar-refractivity contribution in [3.05, 3.63) is 48.6 Å². The Morgan fingerprint density at radius 3 is 1.67 bits per heavy atom. The molecule has 7 nitrogen and oxygen atoms in total. The molecule has 4 N–H and O–H groups in total. The zero-order chi connectivity index (χ0) is 35.3. The van der Waals surface area contributed by atoms with Crippen LogP contribution < -0.4 is 11.1 Å². The maximum Gasteiger partial charge on any atom is 0.326 e. The molecule has 0 aromatic carbocycles. The summed E-state index contributed by atoms with van der Waals surface area (Å²) in [5, 5.41) is 11.9. The number of ether oxygens (including phenoxy) is 1. The van der Waals surface area contributed by atoms with E-state index in [2.05, 4.69) is 61.7 Å². The van der Waals surface area contributed by atoms with Crippen molar-refractivity contribution in [1.29, 1.82) is 0 Å². The maximum absolute atomic E-state index is 12.7. The number of aliphatic carboxylic acids is 1. The van der Waals surface area contributed by atoms with Crippen molar-refractivity contribution in [2.45, 2.75) is 187 Å². The number of unbranched alkanes of at least 4 members (excludes halogenated alkanes) is 14. The van der Waals surface area contributed by atoms with E-state index in [1.807, 2.05) is 6.08 Å². The normalized spacial score (nSPS) is 13.2. The number of nitrogens with one attached hydrogen (secondary N) is 1. The van der Waals surface area contributed by atoms with E-state index in [1.54, 1.807) is 0 Å². The van der Waals surface area contributed by atoms with Gasteiger partial charge in [0.25, 0.3) is 0 Å². The van der Waals surface area contributed by atoms with E-state index < -0.39 is 12.0 Å². The first kappa shape index (κ1) is 45.3. The molecule has 0 aliphatic heterocycles. The number of amides is 1. The van der Waals surface area contributed by atoms with Crippen LogP contribution >= 0.6 is 0 Å². The third kappa shape index (κ3) is 31.9. The number of nitrogens with two attached hydrogens (primary N) is 1. The molecule has 7 heteroatoms. The lowest BCUT2D eigenvalue weighted by Crippen LogP contribution is -2.40. The van der Waals surface area contributed by atoms with Crippen LogP contribution in [0.25, 0.3) is 0 Å². The Morgan fingerprint density at radius 2 is 1.12 bits per heavy atom. The summed E-state index contributed by atoms with van der Waals surface area (Å²) in [6.07, 6.45) is 41.6. The van der Waals surface area contributed by atoms with Crippen LogP contribution in [-0.2, 0) is 19.1 Å². The molecule has 48 heavy (non-hydrogen) atoms. The molecule has 0 aliphatic carbocycles. The van der Waals surface area contributed by atoms with Gasteiger partial charge < -0.3 is 20.9 Å². The Kier molecular flexibility index (Phi) is 33.7. The first-order valence-electron chi connectivity index (χ1n) is 19.5. The molecule has 0 saturated carbocycles. The number of carboxylic acid groups (broad SMARTS) is 1. The molecule has 0 saturated heterocycles. The van der Waals surface area contributed by atoms with Gasteiger partial charge in [-0.05, 0) is 76.8 Å². The van der Waals surface area contributed by atoms with Crippen molar-refractivity contribution in [1.82, 2.24) is 5.32 Å². The lowest BCUT2D eigenvalue weighted by molar-refractivity contribution is -0.147. The maximum atomic E-state index is 12.7. The minimum Gasteiger partial charge on any atom is -0.480 e. The molecule has 0 aromatic rings. The zero-order valence-electron chi connectivity index (χ0n) is 30.8. The lowest BCUT2D eigenvalue weighted by Gasteiger charge is -2.15. The van der Waals surface area contributed by atoms with Crippen molar-refractivity contribution in [3.63, 3.8) is 0 Å². The Balaban J connectivity index is 4.48. The van der Waals surface area contributed by atoms with Crippen molar-refractivity contribution in [2.75, 3.05) is 6.54 Å². The summed E-state index contributed by atoms with van der Waals surface area (Å²) in [5.74, 6) is -1.34. The number of hydrogen-bond acceptors (Lipinski definition) is 5. The van der Waals surface area contributed by atoms with Crippen LogP contribution in [0, 0.1) is 0 Å². The van der Waals surface area contributed by atoms with Crippen molar-refractivity contribution in [3.8, 4) is 0 Å².